The van der Waals surface area contributed by atoms with Gasteiger partial charge in [0.2, 0.25) is 5.91 Å². The highest BCUT2D eigenvalue weighted by Crippen LogP contribution is 2.33. The lowest BCUT2D eigenvalue weighted by molar-refractivity contribution is -0.130. The Morgan fingerprint density at radius 1 is 1.27 bits per heavy atom. The third kappa shape index (κ3) is 3.20. The maximum Gasteiger partial charge on any atom is 0.262 e. The van der Waals surface area contributed by atoms with E-state index in [1.54, 1.807) is 39.4 Å². The van der Waals surface area contributed by atoms with Gasteiger partial charge < -0.3 is 14.6 Å². The van der Waals surface area contributed by atoms with Gasteiger partial charge in [0.1, 0.15) is 10.9 Å². The molecule has 0 fully saturated rings. The van der Waals surface area contributed by atoms with E-state index in [4.69, 9.17) is 4.42 Å². The maximum absolute atomic E-state index is 12.7. The van der Waals surface area contributed by atoms with E-state index in [-0.39, 0.29) is 11.8 Å². The number of nitrogens with zero attached hydrogens (tertiary/aromatic N) is 3. The Morgan fingerprint density at radius 3 is 2.62 bits per heavy atom. The molecule has 1 N–H and O–H groups in total. The lowest BCUT2D eigenvalue weighted by Gasteiger charge is -2.17. The van der Waals surface area contributed by atoms with Crippen molar-refractivity contribution < 1.29 is 14.0 Å². The molecule has 0 bridgehead atoms. The van der Waals surface area contributed by atoms with E-state index >= 15 is 0 Å². The van der Waals surface area contributed by atoms with Gasteiger partial charge in [0, 0.05) is 19.5 Å². The molecule has 136 valence electrons. The minimum atomic E-state index is -0.604. The molecule has 3 aromatic rings. The first kappa shape index (κ1) is 18.1. The molecule has 7 nitrogen and oxygen atoms in total. The summed E-state index contributed by atoms with van der Waals surface area (Å²) in [5.74, 6) is 0.627. The molecular formula is C18H20N4O3S. The quantitative estimate of drug-likeness (QED) is 0.761. The van der Waals surface area contributed by atoms with Crippen molar-refractivity contribution in [3.05, 3.63) is 34.5 Å². The van der Waals surface area contributed by atoms with Crippen LogP contribution in [0.1, 0.15) is 27.9 Å². The van der Waals surface area contributed by atoms with Crippen LogP contribution in [0, 0.1) is 13.8 Å². The molecular weight excluding hydrogens is 352 g/mol. The molecule has 8 heteroatoms. The van der Waals surface area contributed by atoms with Gasteiger partial charge in [-0.3, -0.25) is 9.59 Å². The Kier molecular flexibility index (Phi) is 4.78. The SMILES string of the molecule is Cc1nc(-c2ccco2)nc2sc(C(=O)NC(C)C(=O)N(C)C)c(C)c12. The van der Waals surface area contributed by atoms with Crippen LogP contribution in [0.5, 0.6) is 0 Å². The summed E-state index contributed by atoms with van der Waals surface area (Å²) in [6, 6.07) is 2.97. The number of carbonyl (C=O) groups is 2. The number of likely N-dealkylation sites (N-methyl/N-ethyl adjacent to an activating group) is 1. The first-order valence-electron chi connectivity index (χ1n) is 8.13. The predicted octanol–water partition coefficient (Wildman–Crippen LogP) is 2.77. The Labute approximate surface area is 155 Å². The molecule has 0 spiro atoms. The number of furan rings is 1. The number of rotatable bonds is 4. The topological polar surface area (TPSA) is 88.3 Å². The Bertz CT molecular complexity index is 976. The number of thiophene rings is 1. The molecule has 1 atom stereocenters. The van der Waals surface area contributed by atoms with Gasteiger partial charge in [0.25, 0.3) is 5.91 Å². The fraction of sp³-hybridized carbons (Fsp3) is 0.333. The summed E-state index contributed by atoms with van der Waals surface area (Å²) in [7, 11) is 3.32. The summed E-state index contributed by atoms with van der Waals surface area (Å²) < 4.78 is 5.37. The Balaban J connectivity index is 1.97. The number of nitrogens with one attached hydrogen (secondary N) is 1. The lowest BCUT2D eigenvalue weighted by atomic mass is 10.1. The zero-order chi connectivity index (χ0) is 19.0. The molecule has 26 heavy (non-hydrogen) atoms. The average molecular weight is 372 g/mol. The zero-order valence-electron chi connectivity index (χ0n) is 15.3. The molecule has 0 aliphatic carbocycles. The van der Waals surface area contributed by atoms with Crippen molar-refractivity contribution >= 4 is 33.4 Å². The van der Waals surface area contributed by atoms with Gasteiger partial charge in [-0.25, -0.2) is 9.97 Å². The van der Waals surface area contributed by atoms with Gasteiger partial charge in [0.15, 0.2) is 11.6 Å². The van der Waals surface area contributed by atoms with Crippen LogP contribution in [0.2, 0.25) is 0 Å². The van der Waals surface area contributed by atoms with Crippen LogP contribution < -0.4 is 5.32 Å². The predicted molar refractivity (Wildman–Crippen MR) is 100 cm³/mol. The van der Waals surface area contributed by atoms with Crippen LogP contribution in [-0.2, 0) is 4.79 Å². The number of hydrogen-bond acceptors (Lipinski definition) is 6. The molecule has 3 aromatic heterocycles. The van der Waals surface area contributed by atoms with E-state index in [1.807, 2.05) is 13.8 Å². The molecule has 0 saturated heterocycles. The first-order valence-corrected chi connectivity index (χ1v) is 8.95. The third-order valence-corrected chi connectivity index (χ3v) is 5.26. The largest absolute Gasteiger partial charge is 0.461 e. The van der Waals surface area contributed by atoms with Gasteiger partial charge in [-0.2, -0.15) is 0 Å². The van der Waals surface area contributed by atoms with Gasteiger partial charge >= 0.3 is 0 Å². The fourth-order valence-electron chi connectivity index (χ4n) is 2.78. The van der Waals surface area contributed by atoms with Crippen molar-refractivity contribution in [2.45, 2.75) is 26.8 Å². The standard InChI is InChI=1S/C18H20N4O3S/c1-9-13-10(2)19-15(12-7-6-8-25-12)21-17(13)26-14(9)16(23)20-11(3)18(24)22(4)5/h6-8,11H,1-5H3,(H,20,23). The average Bonchev–Trinajstić information content (AvgIpc) is 3.22. The summed E-state index contributed by atoms with van der Waals surface area (Å²) in [5.41, 5.74) is 1.60. The van der Waals surface area contributed by atoms with Crippen molar-refractivity contribution in [1.82, 2.24) is 20.2 Å². The van der Waals surface area contributed by atoms with Crippen molar-refractivity contribution in [2.75, 3.05) is 14.1 Å². The van der Waals surface area contributed by atoms with Gasteiger partial charge in [-0.05, 0) is 38.5 Å². The van der Waals surface area contributed by atoms with Crippen LogP contribution in [0.15, 0.2) is 22.8 Å². The van der Waals surface area contributed by atoms with E-state index in [9.17, 15) is 9.59 Å². The van der Waals surface area contributed by atoms with Crippen LogP contribution >= 0.6 is 11.3 Å². The summed E-state index contributed by atoms with van der Waals surface area (Å²) in [6.45, 7) is 5.42. The van der Waals surface area contributed by atoms with Gasteiger partial charge in [-0.15, -0.1) is 11.3 Å². The minimum absolute atomic E-state index is 0.159. The number of carbonyl (C=O) groups excluding carboxylic acids is 2. The Morgan fingerprint density at radius 2 is 2.00 bits per heavy atom. The zero-order valence-corrected chi connectivity index (χ0v) is 16.1. The smallest absolute Gasteiger partial charge is 0.262 e. The number of aromatic nitrogens is 2. The van der Waals surface area contributed by atoms with Crippen molar-refractivity contribution in [2.24, 2.45) is 0 Å². The summed E-state index contributed by atoms with van der Waals surface area (Å²) in [6.07, 6.45) is 1.57. The molecule has 0 aliphatic rings. The van der Waals surface area contributed by atoms with Crippen molar-refractivity contribution in [3.63, 3.8) is 0 Å². The van der Waals surface area contributed by atoms with E-state index < -0.39 is 6.04 Å². The highest BCUT2D eigenvalue weighted by molar-refractivity contribution is 7.20. The normalized spacial score (nSPS) is 12.2. The monoisotopic (exact) mass is 372 g/mol. The second-order valence-electron chi connectivity index (χ2n) is 6.27. The number of aryl methyl sites for hydroxylation is 2. The number of hydrogen-bond donors (Lipinski definition) is 1. The lowest BCUT2D eigenvalue weighted by Crippen LogP contribution is -2.44. The molecule has 0 aromatic carbocycles. The van der Waals surface area contributed by atoms with Gasteiger partial charge in [0.05, 0.1) is 16.8 Å². The van der Waals surface area contributed by atoms with Crippen LogP contribution in [0.3, 0.4) is 0 Å². The molecule has 1 unspecified atom stereocenters. The third-order valence-electron chi connectivity index (χ3n) is 4.08. The molecule has 2 amide bonds. The fourth-order valence-corrected chi connectivity index (χ4v) is 3.92. The van der Waals surface area contributed by atoms with Crippen LogP contribution in [0.4, 0.5) is 0 Å². The van der Waals surface area contributed by atoms with Gasteiger partial charge in [-0.1, -0.05) is 0 Å². The highest BCUT2D eigenvalue weighted by Gasteiger charge is 2.23. The first-order chi connectivity index (χ1) is 12.3. The summed E-state index contributed by atoms with van der Waals surface area (Å²) in [5, 5.41) is 3.62. The number of amides is 2. The Hall–Kier alpha value is -2.74. The minimum Gasteiger partial charge on any atom is -0.461 e. The molecule has 3 heterocycles. The maximum atomic E-state index is 12.7. The van der Waals surface area contributed by atoms with E-state index in [1.165, 1.54) is 16.2 Å². The molecule has 0 aliphatic heterocycles. The van der Waals surface area contributed by atoms with Crippen LogP contribution in [-0.4, -0.2) is 46.8 Å². The summed E-state index contributed by atoms with van der Waals surface area (Å²) >= 11 is 1.29. The van der Waals surface area contributed by atoms with E-state index in [0.717, 1.165) is 21.5 Å². The van der Waals surface area contributed by atoms with E-state index in [0.29, 0.717) is 16.5 Å². The number of fused-ring (bicyclic) bond motifs is 1. The molecule has 3 rings (SSSR count). The second kappa shape index (κ2) is 6.87. The van der Waals surface area contributed by atoms with Crippen molar-refractivity contribution in [3.8, 4) is 11.6 Å². The highest BCUT2D eigenvalue weighted by atomic mass is 32.1. The van der Waals surface area contributed by atoms with Crippen molar-refractivity contribution in [1.29, 1.82) is 0 Å². The molecule has 0 saturated carbocycles. The molecule has 0 radical (unpaired) electrons. The second-order valence-corrected chi connectivity index (χ2v) is 7.27. The summed E-state index contributed by atoms with van der Waals surface area (Å²) in [4.78, 5) is 36.4. The van der Waals surface area contributed by atoms with E-state index in [2.05, 4.69) is 15.3 Å². The van der Waals surface area contributed by atoms with Crippen LogP contribution in [0.25, 0.3) is 21.8 Å².